The maximum Gasteiger partial charge on any atom is 0.338 e. The van der Waals surface area contributed by atoms with Crippen LogP contribution in [0.3, 0.4) is 0 Å². The minimum absolute atomic E-state index is 0.0491. The van der Waals surface area contributed by atoms with E-state index in [0.29, 0.717) is 5.69 Å². The molecule has 3 aromatic carbocycles. The number of sulfonamides is 1. The van der Waals surface area contributed by atoms with Gasteiger partial charge >= 0.3 is 5.97 Å². The number of rotatable bonds is 8. The number of nitrogens with zero attached hydrogens (tertiary/aromatic N) is 1. The first-order chi connectivity index (χ1) is 15.7. The lowest BCUT2D eigenvalue weighted by Crippen LogP contribution is -2.21. The van der Waals surface area contributed by atoms with Gasteiger partial charge in [0.25, 0.3) is 21.6 Å². The summed E-state index contributed by atoms with van der Waals surface area (Å²) in [5.74, 6) is -1.51. The van der Waals surface area contributed by atoms with Gasteiger partial charge in [-0.1, -0.05) is 24.3 Å². The lowest BCUT2D eigenvalue weighted by Gasteiger charge is -2.10. The van der Waals surface area contributed by atoms with Crippen LogP contribution in [0.1, 0.15) is 15.9 Å². The molecule has 0 bridgehead atoms. The van der Waals surface area contributed by atoms with E-state index < -0.39 is 33.4 Å². The Labute approximate surface area is 189 Å². The molecular weight excluding hydrogens is 450 g/mol. The Kier molecular flexibility index (Phi) is 7.04. The number of benzene rings is 3. The SMILES string of the molecule is Cc1c(NC(=O)COC(=O)c2ccc(S(=O)(=O)Nc3ccccc3)cc2)cccc1[N+](=O)[O-]. The molecule has 0 fully saturated rings. The molecule has 0 unspecified atom stereocenters. The van der Waals surface area contributed by atoms with Crippen LogP contribution in [0, 0.1) is 17.0 Å². The number of para-hydroxylation sites is 1. The zero-order valence-electron chi connectivity index (χ0n) is 17.3. The molecule has 0 spiro atoms. The fraction of sp³-hybridized carbons (Fsp3) is 0.0909. The van der Waals surface area contributed by atoms with E-state index in [4.69, 9.17) is 4.74 Å². The normalized spacial score (nSPS) is 10.8. The van der Waals surface area contributed by atoms with E-state index in [-0.39, 0.29) is 27.4 Å². The Morgan fingerprint density at radius 1 is 0.970 bits per heavy atom. The molecule has 0 aromatic heterocycles. The van der Waals surface area contributed by atoms with Crippen LogP contribution in [0.15, 0.2) is 77.7 Å². The van der Waals surface area contributed by atoms with Crippen LogP contribution in [-0.2, 0) is 19.6 Å². The average molecular weight is 469 g/mol. The van der Waals surface area contributed by atoms with Gasteiger partial charge in [-0.3, -0.25) is 19.6 Å². The summed E-state index contributed by atoms with van der Waals surface area (Å²) in [4.78, 5) is 34.7. The number of nitro groups is 1. The van der Waals surface area contributed by atoms with Crippen molar-refractivity contribution in [3.63, 3.8) is 0 Å². The average Bonchev–Trinajstić information content (AvgIpc) is 2.79. The molecule has 0 heterocycles. The number of esters is 1. The first kappa shape index (κ1) is 23.4. The lowest BCUT2D eigenvalue weighted by atomic mass is 10.1. The van der Waals surface area contributed by atoms with Crippen LogP contribution in [-0.4, -0.2) is 31.8 Å². The van der Waals surface area contributed by atoms with Gasteiger partial charge in [-0.25, -0.2) is 13.2 Å². The van der Waals surface area contributed by atoms with Crippen molar-refractivity contribution >= 4 is 39.0 Å². The molecule has 0 atom stereocenters. The Balaban J connectivity index is 1.59. The number of nitro benzene ring substituents is 1. The number of amides is 1. The van der Waals surface area contributed by atoms with E-state index in [0.717, 1.165) is 0 Å². The van der Waals surface area contributed by atoms with E-state index in [2.05, 4.69) is 10.0 Å². The number of carbonyl (C=O) groups excluding carboxylic acids is 2. The predicted molar refractivity (Wildman–Crippen MR) is 120 cm³/mol. The highest BCUT2D eigenvalue weighted by Gasteiger charge is 2.18. The molecule has 0 saturated carbocycles. The van der Waals surface area contributed by atoms with Gasteiger partial charge < -0.3 is 10.1 Å². The van der Waals surface area contributed by atoms with E-state index in [1.165, 1.54) is 49.4 Å². The smallest absolute Gasteiger partial charge is 0.338 e. The van der Waals surface area contributed by atoms with Crippen LogP contribution in [0.5, 0.6) is 0 Å². The number of carbonyl (C=O) groups is 2. The van der Waals surface area contributed by atoms with Gasteiger partial charge in [0.2, 0.25) is 0 Å². The minimum atomic E-state index is -3.84. The first-order valence-corrected chi connectivity index (χ1v) is 11.0. The molecule has 3 rings (SSSR count). The number of nitrogens with one attached hydrogen (secondary N) is 2. The van der Waals surface area contributed by atoms with E-state index in [9.17, 15) is 28.1 Å². The third-order valence-corrected chi connectivity index (χ3v) is 5.93. The Hall–Kier alpha value is -4.25. The summed E-state index contributed by atoms with van der Waals surface area (Å²) in [6, 6.07) is 17.6. The molecule has 33 heavy (non-hydrogen) atoms. The second kappa shape index (κ2) is 9.92. The molecule has 0 saturated heterocycles. The second-order valence-electron chi connectivity index (χ2n) is 6.83. The molecule has 10 nitrogen and oxygen atoms in total. The van der Waals surface area contributed by atoms with Crippen LogP contribution < -0.4 is 10.0 Å². The van der Waals surface area contributed by atoms with E-state index in [1.807, 2.05) is 0 Å². The summed E-state index contributed by atoms with van der Waals surface area (Å²) in [6.45, 7) is 0.860. The lowest BCUT2D eigenvalue weighted by molar-refractivity contribution is -0.385. The molecule has 0 aliphatic rings. The number of hydrogen-bond acceptors (Lipinski definition) is 7. The summed E-state index contributed by atoms with van der Waals surface area (Å²) in [5, 5.41) is 13.4. The summed E-state index contributed by atoms with van der Waals surface area (Å²) in [6.07, 6.45) is 0. The van der Waals surface area contributed by atoms with Gasteiger partial charge in [0.1, 0.15) is 0 Å². The predicted octanol–water partition coefficient (Wildman–Crippen LogP) is 3.50. The van der Waals surface area contributed by atoms with Crippen molar-refractivity contribution in [2.75, 3.05) is 16.6 Å². The Morgan fingerprint density at radius 3 is 2.27 bits per heavy atom. The standard InChI is InChI=1S/C22H19N3O7S/c1-15-19(8-5-9-20(15)25(28)29)23-21(26)14-32-22(27)16-10-12-18(13-11-16)33(30,31)24-17-6-3-2-4-7-17/h2-13,24H,14H2,1H3,(H,23,26). The van der Waals surface area contributed by atoms with Gasteiger partial charge in [-0.15, -0.1) is 0 Å². The monoisotopic (exact) mass is 469 g/mol. The van der Waals surface area contributed by atoms with Crippen molar-refractivity contribution in [2.45, 2.75) is 11.8 Å². The third kappa shape index (κ3) is 5.92. The molecule has 1 amide bonds. The van der Waals surface area contributed by atoms with E-state index >= 15 is 0 Å². The van der Waals surface area contributed by atoms with Gasteiger partial charge in [-0.05, 0) is 49.4 Å². The topological polar surface area (TPSA) is 145 Å². The van der Waals surface area contributed by atoms with Crippen molar-refractivity contribution in [3.8, 4) is 0 Å². The highest BCUT2D eigenvalue weighted by atomic mass is 32.2. The molecule has 2 N–H and O–H groups in total. The van der Waals surface area contributed by atoms with E-state index in [1.54, 1.807) is 30.3 Å². The molecular formula is C22H19N3O7S. The molecule has 11 heteroatoms. The summed E-state index contributed by atoms with van der Waals surface area (Å²) >= 11 is 0. The van der Waals surface area contributed by atoms with Crippen molar-refractivity contribution in [1.29, 1.82) is 0 Å². The summed E-state index contributed by atoms with van der Waals surface area (Å²) in [7, 11) is -3.84. The fourth-order valence-electron chi connectivity index (χ4n) is 2.85. The molecule has 0 aliphatic heterocycles. The van der Waals surface area contributed by atoms with Crippen LogP contribution in [0.2, 0.25) is 0 Å². The molecule has 3 aromatic rings. The van der Waals surface area contributed by atoms with Crippen LogP contribution >= 0.6 is 0 Å². The largest absolute Gasteiger partial charge is 0.452 e. The summed E-state index contributed by atoms with van der Waals surface area (Å²) in [5.41, 5.74) is 0.786. The van der Waals surface area contributed by atoms with Gasteiger partial charge in [0.05, 0.1) is 26.6 Å². The fourth-order valence-corrected chi connectivity index (χ4v) is 3.91. The Morgan fingerprint density at radius 2 is 1.64 bits per heavy atom. The van der Waals surface area contributed by atoms with Gasteiger partial charge in [0, 0.05) is 11.8 Å². The molecule has 170 valence electrons. The molecule has 0 aliphatic carbocycles. The van der Waals surface area contributed by atoms with Crippen LogP contribution in [0.4, 0.5) is 17.1 Å². The Bertz CT molecular complexity index is 1290. The zero-order chi connectivity index (χ0) is 24.0. The number of hydrogen-bond donors (Lipinski definition) is 2. The quantitative estimate of drug-likeness (QED) is 0.292. The highest BCUT2D eigenvalue weighted by molar-refractivity contribution is 7.92. The van der Waals surface area contributed by atoms with Crippen molar-refractivity contribution in [1.82, 2.24) is 0 Å². The third-order valence-electron chi connectivity index (χ3n) is 4.54. The second-order valence-corrected chi connectivity index (χ2v) is 8.51. The highest BCUT2D eigenvalue weighted by Crippen LogP contribution is 2.25. The first-order valence-electron chi connectivity index (χ1n) is 9.56. The summed E-state index contributed by atoms with van der Waals surface area (Å²) < 4.78 is 32.3. The van der Waals surface area contributed by atoms with Crippen molar-refractivity contribution < 1.29 is 27.7 Å². The number of anilines is 2. The minimum Gasteiger partial charge on any atom is -0.452 e. The van der Waals surface area contributed by atoms with Gasteiger partial charge in [0.15, 0.2) is 6.61 Å². The van der Waals surface area contributed by atoms with Crippen molar-refractivity contribution in [2.24, 2.45) is 0 Å². The maximum atomic E-state index is 12.4. The zero-order valence-corrected chi connectivity index (χ0v) is 18.2. The van der Waals surface area contributed by atoms with Crippen molar-refractivity contribution in [3.05, 3.63) is 94.0 Å². The van der Waals surface area contributed by atoms with Crippen LogP contribution in [0.25, 0.3) is 0 Å². The maximum absolute atomic E-state index is 12.4. The van der Waals surface area contributed by atoms with Gasteiger partial charge in [-0.2, -0.15) is 0 Å². The number of ether oxygens (including phenoxy) is 1. The molecule has 0 radical (unpaired) electrons.